The van der Waals surface area contributed by atoms with Crippen LogP contribution in [0.15, 0.2) is 30.3 Å². The second-order valence-corrected chi connectivity index (χ2v) is 4.83. The summed E-state index contributed by atoms with van der Waals surface area (Å²) in [7, 11) is 0. The van der Waals surface area contributed by atoms with E-state index in [0.29, 0.717) is 0 Å². The number of H-pyrrole nitrogens is 1. The Morgan fingerprint density at radius 1 is 1.16 bits per heavy atom. The molecule has 0 spiro atoms. The van der Waals surface area contributed by atoms with Crippen molar-refractivity contribution in [2.75, 3.05) is 5.73 Å². The first-order valence-corrected chi connectivity index (χ1v) is 6.10. The molecule has 0 aliphatic carbocycles. The Hall–Kier alpha value is -2.49. The summed E-state index contributed by atoms with van der Waals surface area (Å²) in [6.45, 7) is 4.02. The van der Waals surface area contributed by atoms with E-state index in [1.54, 1.807) is 18.2 Å². The van der Waals surface area contributed by atoms with Crippen molar-refractivity contribution in [1.29, 1.82) is 0 Å². The molecule has 0 saturated carbocycles. The molecule has 3 aromatic rings. The Morgan fingerprint density at radius 3 is 2.74 bits per heavy atom. The van der Waals surface area contributed by atoms with Crippen LogP contribution in [0.2, 0.25) is 0 Å². The van der Waals surface area contributed by atoms with E-state index in [4.69, 9.17) is 5.73 Å². The van der Waals surface area contributed by atoms with E-state index in [2.05, 4.69) is 9.97 Å². The van der Waals surface area contributed by atoms with Gasteiger partial charge in [0.1, 0.15) is 11.6 Å². The van der Waals surface area contributed by atoms with Gasteiger partial charge in [0.15, 0.2) is 0 Å². The molecule has 0 atom stereocenters. The third kappa shape index (κ3) is 1.91. The van der Waals surface area contributed by atoms with Crippen LogP contribution in [0.1, 0.15) is 11.1 Å². The molecule has 2 aromatic carbocycles. The van der Waals surface area contributed by atoms with Gasteiger partial charge in [0, 0.05) is 17.3 Å². The number of fused-ring (bicyclic) bond motifs is 1. The second-order valence-electron chi connectivity index (χ2n) is 4.83. The molecule has 0 aliphatic heterocycles. The lowest BCUT2D eigenvalue weighted by atomic mass is 10.0. The number of hydrogen-bond donors (Lipinski definition) is 3. The highest BCUT2D eigenvalue weighted by atomic mass is 16.3. The molecule has 3 rings (SSSR count). The number of aryl methyl sites for hydroxylation is 2. The van der Waals surface area contributed by atoms with E-state index in [0.717, 1.165) is 39.2 Å². The number of aromatic hydroxyl groups is 1. The minimum atomic E-state index is 0.219. The van der Waals surface area contributed by atoms with Gasteiger partial charge in [0.25, 0.3) is 0 Å². The number of imidazole rings is 1. The maximum absolute atomic E-state index is 9.48. The average molecular weight is 253 g/mol. The summed E-state index contributed by atoms with van der Waals surface area (Å²) in [6.07, 6.45) is 0. The molecule has 0 saturated heterocycles. The number of nitrogens with zero attached hydrogens (tertiary/aromatic N) is 1. The molecule has 0 aliphatic rings. The molecule has 0 unspecified atom stereocenters. The van der Waals surface area contributed by atoms with Crippen molar-refractivity contribution in [3.05, 3.63) is 41.5 Å². The lowest BCUT2D eigenvalue weighted by Gasteiger charge is -2.07. The topological polar surface area (TPSA) is 74.9 Å². The van der Waals surface area contributed by atoms with Gasteiger partial charge in [0.2, 0.25) is 0 Å². The number of nitrogens with one attached hydrogen (secondary N) is 1. The number of nitrogens with two attached hydrogens (primary N) is 1. The predicted molar refractivity (Wildman–Crippen MR) is 77.1 cm³/mol. The van der Waals surface area contributed by atoms with Gasteiger partial charge in [-0.05, 0) is 43.2 Å². The van der Waals surface area contributed by atoms with E-state index in [-0.39, 0.29) is 5.75 Å². The Morgan fingerprint density at radius 2 is 1.95 bits per heavy atom. The summed E-state index contributed by atoms with van der Waals surface area (Å²) in [5.74, 6) is 0.945. The van der Waals surface area contributed by atoms with E-state index in [1.165, 1.54) is 0 Å². The summed E-state index contributed by atoms with van der Waals surface area (Å²) < 4.78 is 0. The number of nitrogen functional groups attached to an aromatic ring is 1. The van der Waals surface area contributed by atoms with E-state index in [1.807, 2.05) is 26.0 Å². The van der Waals surface area contributed by atoms with Crippen LogP contribution in [0.4, 0.5) is 5.69 Å². The molecule has 19 heavy (non-hydrogen) atoms. The van der Waals surface area contributed by atoms with Gasteiger partial charge in [-0.25, -0.2) is 4.98 Å². The lowest BCUT2D eigenvalue weighted by Crippen LogP contribution is -1.95. The normalized spacial score (nSPS) is 11.1. The minimum Gasteiger partial charge on any atom is -0.508 e. The van der Waals surface area contributed by atoms with Crippen LogP contribution in [-0.2, 0) is 0 Å². The molecule has 96 valence electrons. The maximum Gasteiger partial charge on any atom is 0.140 e. The monoisotopic (exact) mass is 253 g/mol. The largest absolute Gasteiger partial charge is 0.508 e. The Labute approximate surface area is 110 Å². The second kappa shape index (κ2) is 4.02. The third-order valence-corrected chi connectivity index (χ3v) is 3.25. The van der Waals surface area contributed by atoms with Gasteiger partial charge in [-0.3, -0.25) is 0 Å². The van der Waals surface area contributed by atoms with Crippen molar-refractivity contribution in [3.63, 3.8) is 0 Å². The molecule has 1 heterocycles. The SMILES string of the molecule is Cc1cc(C)c(N)c(-c2nc3ccc(O)cc3[nH]2)c1. The molecular weight excluding hydrogens is 238 g/mol. The summed E-state index contributed by atoms with van der Waals surface area (Å²) >= 11 is 0. The number of aromatic nitrogens is 2. The molecule has 1 aromatic heterocycles. The number of phenolic OH excluding ortho intramolecular Hbond substituents is 1. The zero-order valence-corrected chi connectivity index (χ0v) is 10.9. The number of anilines is 1. The molecule has 4 N–H and O–H groups in total. The number of phenols is 1. The van der Waals surface area contributed by atoms with Gasteiger partial charge < -0.3 is 15.8 Å². The van der Waals surface area contributed by atoms with E-state index >= 15 is 0 Å². The van der Waals surface area contributed by atoms with Gasteiger partial charge in [-0.1, -0.05) is 6.07 Å². The zero-order valence-electron chi connectivity index (χ0n) is 10.9. The van der Waals surface area contributed by atoms with E-state index < -0.39 is 0 Å². The molecule has 4 nitrogen and oxygen atoms in total. The standard InChI is InChI=1S/C15H15N3O/c1-8-5-9(2)14(16)11(6-8)15-17-12-4-3-10(19)7-13(12)18-15/h3-7,19H,16H2,1-2H3,(H,17,18). The Balaban J connectivity index is 2.24. The van der Waals surface area contributed by atoms with Crippen molar-refractivity contribution in [2.24, 2.45) is 0 Å². The van der Waals surface area contributed by atoms with Crippen molar-refractivity contribution in [1.82, 2.24) is 9.97 Å². The van der Waals surface area contributed by atoms with Crippen LogP contribution >= 0.6 is 0 Å². The van der Waals surface area contributed by atoms with Crippen molar-refractivity contribution in [3.8, 4) is 17.1 Å². The van der Waals surface area contributed by atoms with Crippen LogP contribution in [0.3, 0.4) is 0 Å². The third-order valence-electron chi connectivity index (χ3n) is 3.25. The first-order chi connectivity index (χ1) is 9.04. The molecule has 0 radical (unpaired) electrons. The van der Waals surface area contributed by atoms with Gasteiger partial charge >= 0.3 is 0 Å². The molecule has 0 fully saturated rings. The summed E-state index contributed by atoms with van der Waals surface area (Å²) in [4.78, 5) is 7.72. The summed E-state index contributed by atoms with van der Waals surface area (Å²) in [6, 6.07) is 9.12. The van der Waals surface area contributed by atoms with Crippen molar-refractivity contribution >= 4 is 16.7 Å². The van der Waals surface area contributed by atoms with Gasteiger partial charge in [-0.2, -0.15) is 0 Å². The maximum atomic E-state index is 9.48. The first kappa shape index (κ1) is 11.6. The van der Waals surface area contributed by atoms with Crippen molar-refractivity contribution < 1.29 is 5.11 Å². The minimum absolute atomic E-state index is 0.219. The Bertz CT molecular complexity index is 774. The summed E-state index contributed by atoms with van der Waals surface area (Å²) in [5, 5.41) is 9.48. The first-order valence-electron chi connectivity index (χ1n) is 6.10. The van der Waals surface area contributed by atoms with Gasteiger partial charge in [0.05, 0.1) is 11.0 Å². The van der Waals surface area contributed by atoms with Crippen LogP contribution in [0.25, 0.3) is 22.4 Å². The van der Waals surface area contributed by atoms with Crippen molar-refractivity contribution in [2.45, 2.75) is 13.8 Å². The molecule has 0 amide bonds. The smallest absolute Gasteiger partial charge is 0.140 e. The van der Waals surface area contributed by atoms with Gasteiger partial charge in [-0.15, -0.1) is 0 Å². The molecular formula is C15H15N3O. The fourth-order valence-electron chi connectivity index (χ4n) is 2.30. The van der Waals surface area contributed by atoms with Crippen LogP contribution < -0.4 is 5.73 Å². The highest BCUT2D eigenvalue weighted by Crippen LogP contribution is 2.30. The molecule has 4 heteroatoms. The number of aromatic amines is 1. The average Bonchev–Trinajstić information content (AvgIpc) is 2.76. The lowest BCUT2D eigenvalue weighted by molar-refractivity contribution is 0.476. The fourth-order valence-corrected chi connectivity index (χ4v) is 2.30. The highest BCUT2D eigenvalue weighted by Gasteiger charge is 2.11. The zero-order chi connectivity index (χ0) is 13.6. The van der Waals surface area contributed by atoms with Crippen LogP contribution in [-0.4, -0.2) is 15.1 Å². The molecule has 0 bridgehead atoms. The van der Waals surface area contributed by atoms with Crippen LogP contribution in [0.5, 0.6) is 5.75 Å². The fraction of sp³-hybridized carbons (Fsp3) is 0.133. The quantitative estimate of drug-likeness (QED) is 0.583. The highest BCUT2D eigenvalue weighted by molar-refractivity contribution is 5.84. The van der Waals surface area contributed by atoms with E-state index in [9.17, 15) is 5.11 Å². The van der Waals surface area contributed by atoms with Crippen LogP contribution in [0, 0.1) is 13.8 Å². The number of rotatable bonds is 1. The number of benzene rings is 2. The summed E-state index contributed by atoms with van der Waals surface area (Å²) in [5.41, 5.74) is 11.5. The Kier molecular flexibility index (Phi) is 2.45. The predicted octanol–water partition coefficient (Wildman–Crippen LogP) is 3.13. The number of hydrogen-bond acceptors (Lipinski definition) is 3.